The molecule has 1 aromatic heterocycles. The summed E-state index contributed by atoms with van der Waals surface area (Å²) in [5, 5.41) is 5.32. The number of imide groups is 1. The van der Waals surface area contributed by atoms with Crippen molar-refractivity contribution in [3.63, 3.8) is 0 Å². The maximum absolute atomic E-state index is 12.5. The van der Waals surface area contributed by atoms with Crippen molar-refractivity contribution < 1.29 is 9.59 Å². The molecule has 0 N–H and O–H groups in total. The first-order valence-corrected chi connectivity index (χ1v) is 7.72. The number of carbonyl (C=O) groups is 2. The standard InChI is InChI=1S/C17H19N3O2/c1-9-6-13(10(2)19(9)3)8-18-20-16(21)14-11-4-5-12(7-11)15(14)17(20)22/h4-6,8,11-12,14-15H,7H2,1-3H3. The molecule has 4 rings (SSSR count). The number of hydrazone groups is 1. The highest BCUT2D eigenvalue weighted by atomic mass is 16.2. The van der Waals surface area contributed by atoms with E-state index in [0.29, 0.717) is 0 Å². The molecule has 114 valence electrons. The smallest absolute Gasteiger partial charge is 0.254 e. The van der Waals surface area contributed by atoms with Crippen molar-refractivity contribution in [1.82, 2.24) is 9.58 Å². The van der Waals surface area contributed by atoms with Crippen LogP contribution in [0.1, 0.15) is 23.4 Å². The van der Waals surface area contributed by atoms with Gasteiger partial charge in [0.1, 0.15) is 0 Å². The van der Waals surface area contributed by atoms with Gasteiger partial charge in [0.2, 0.25) is 0 Å². The van der Waals surface area contributed by atoms with Crippen LogP contribution < -0.4 is 0 Å². The van der Waals surface area contributed by atoms with Crippen LogP contribution in [0.3, 0.4) is 0 Å². The molecule has 4 unspecified atom stereocenters. The third kappa shape index (κ3) is 1.62. The molecule has 1 saturated heterocycles. The number of hydrogen-bond donors (Lipinski definition) is 0. The number of hydrogen-bond acceptors (Lipinski definition) is 3. The number of nitrogens with zero attached hydrogens (tertiary/aromatic N) is 3. The number of amides is 2. The van der Waals surface area contributed by atoms with Gasteiger partial charge in [0, 0.05) is 24.0 Å². The molecule has 3 aliphatic rings. The molecule has 22 heavy (non-hydrogen) atoms. The SMILES string of the molecule is Cc1cc(C=NN2C(=O)C3C4C=CC(C4)C3C2=O)c(C)n1C. The Hall–Kier alpha value is -2.17. The van der Waals surface area contributed by atoms with Crippen molar-refractivity contribution in [3.8, 4) is 0 Å². The summed E-state index contributed by atoms with van der Waals surface area (Å²) in [4.78, 5) is 25.0. The van der Waals surface area contributed by atoms with E-state index >= 15 is 0 Å². The lowest BCUT2D eigenvalue weighted by atomic mass is 9.85. The topological polar surface area (TPSA) is 54.7 Å². The average molecular weight is 297 g/mol. The van der Waals surface area contributed by atoms with Crippen LogP contribution in [-0.4, -0.2) is 27.6 Å². The first kappa shape index (κ1) is 13.5. The quantitative estimate of drug-likeness (QED) is 0.475. The molecule has 2 amide bonds. The van der Waals surface area contributed by atoms with Crippen LogP contribution in [0.2, 0.25) is 0 Å². The van der Waals surface area contributed by atoms with Crippen LogP contribution in [0.5, 0.6) is 0 Å². The molecule has 4 atom stereocenters. The summed E-state index contributed by atoms with van der Waals surface area (Å²) < 4.78 is 2.06. The van der Waals surface area contributed by atoms with Gasteiger partial charge in [0.05, 0.1) is 18.1 Å². The van der Waals surface area contributed by atoms with Crippen LogP contribution >= 0.6 is 0 Å². The van der Waals surface area contributed by atoms with Crippen molar-refractivity contribution in [2.45, 2.75) is 20.3 Å². The highest BCUT2D eigenvalue weighted by molar-refractivity contribution is 6.06. The number of carbonyl (C=O) groups excluding carboxylic acids is 2. The Morgan fingerprint density at radius 1 is 1.14 bits per heavy atom. The number of allylic oxidation sites excluding steroid dienone is 2. The van der Waals surface area contributed by atoms with E-state index in [1.165, 1.54) is 0 Å². The first-order chi connectivity index (χ1) is 10.5. The zero-order valence-electron chi connectivity index (χ0n) is 13.0. The Labute approximate surface area is 129 Å². The second-order valence-electron chi connectivity index (χ2n) is 6.62. The van der Waals surface area contributed by atoms with Gasteiger partial charge in [-0.2, -0.15) is 10.1 Å². The van der Waals surface area contributed by atoms with E-state index in [1.54, 1.807) is 6.21 Å². The van der Waals surface area contributed by atoms with E-state index in [1.807, 2.05) is 27.0 Å². The summed E-state index contributed by atoms with van der Waals surface area (Å²) in [5.74, 6) is -0.168. The summed E-state index contributed by atoms with van der Waals surface area (Å²) in [6.07, 6.45) is 6.76. The first-order valence-electron chi connectivity index (χ1n) is 7.72. The van der Waals surface area contributed by atoms with Gasteiger partial charge in [-0.3, -0.25) is 9.59 Å². The number of rotatable bonds is 2. The lowest BCUT2D eigenvalue weighted by molar-refractivity contribution is -0.140. The van der Waals surface area contributed by atoms with Crippen LogP contribution in [0, 0.1) is 37.5 Å². The fourth-order valence-electron chi connectivity index (χ4n) is 4.14. The van der Waals surface area contributed by atoms with E-state index in [2.05, 4.69) is 21.8 Å². The Bertz CT molecular complexity index is 713. The van der Waals surface area contributed by atoms with Crippen molar-refractivity contribution in [2.75, 3.05) is 0 Å². The molecule has 0 radical (unpaired) electrons. The van der Waals surface area contributed by atoms with Crippen LogP contribution in [0.25, 0.3) is 0 Å². The minimum atomic E-state index is -0.182. The molecule has 2 heterocycles. The molecule has 1 saturated carbocycles. The van der Waals surface area contributed by atoms with Gasteiger partial charge >= 0.3 is 0 Å². The maximum atomic E-state index is 12.5. The van der Waals surface area contributed by atoms with Crippen molar-refractivity contribution in [1.29, 1.82) is 0 Å². The number of fused-ring (bicyclic) bond motifs is 5. The van der Waals surface area contributed by atoms with Crippen LogP contribution in [0.4, 0.5) is 0 Å². The van der Waals surface area contributed by atoms with Crippen molar-refractivity contribution in [3.05, 3.63) is 35.2 Å². The second kappa shape index (κ2) is 4.41. The van der Waals surface area contributed by atoms with Gasteiger partial charge in [-0.15, -0.1) is 0 Å². The Morgan fingerprint density at radius 3 is 2.23 bits per heavy atom. The van der Waals surface area contributed by atoms with Gasteiger partial charge < -0.3 is 4.57 Å². The van der Waals surface area contributed by atoms with Crippen molar-refractivity contribution >= 4 is 18.0 Å². The summed E-state index contributed by atoms with van der Waals surface area (Å²) in [7, 11) is 1.99. The van der Waals surface area contributed by atoms with Gasteiger partial charge in [-0.25, -0.2) is 0 Å². The maximum Gasteiger partial charge on any atom is 0.254 e. The third-order valence-corrected chi connectivity index (χ3v) is 5.57. The van der Waals surface area contributed by atoms with Gasteiger partial charge in [0.25, 0.3) is 11.8 Å². The molecule has 2 aliphatic carbocycles. The zero-order chi connectivity index (χ0) is 15.6. The summed E-state index contributed by atoms with van der Waals surface area (Å²) in [6.45, 7) is 4.02. The summed E-state index contributed by atoms with van der Waals surface area (Å²) >= 11 is 0. The predicted molar refractivity (Wildman–Crippen MR) is 82.1 cm³/mol. The molecule has 5 heteroatoms. The van der Waals surface area contributed by atoms with Gasteiger partial charge in [-0.1, -0.05) is 12.2 Å². The van der Waals surface area contributed by atoms with E-state index in [4.69, 9.17) is 0 Å². The average Bonchev–Trinajstić information content (AvgIpc) is 3.21. The van der Waals surface area contributed by atoms with E-state index in [0.717, 1.165) is 28.4 Å². The summed E-state index contributed by atoms with van der Waals surface area (Å²) in [5.41, 5.74) is 3.14. The van der Waals surface area contributed by atoms with Crippen LogP contribution in [0.15, 0.2) is 23.3 Å². The molecular weight excluding hydrogens is 278 g/mol. The molecule has 1 aliphatic heterocycles. The Balaban J connectivity index is 1.62. The molecule has 2 bridgehead atoms. The normalized spacial score (nSPS) is 32.8. The lowest BCUT2D eigenvalue weighted by Crippen LogP contribution is -2.28. The minimum Gasteiger partial charge on any atom is -0.352 e. The number of aromatic nitrogens is 1. The highest BCUT2D eigenvalue weighted by Gasteiger charge is 2.59. The Kier molecular flexibility index (Phi) is 2.71. The zero-order valence-corrected chi connectivity index (χ0v) is 13.0. The number of aryl methyl sites for hydroxylation is 1. The fraction of sp³-hybridized carbons (Fsp3) is 0.471. The molecule has 0 spiro atoms. The Morgan fingerprint density at radius 2 is 1.73 bits per heavy atom. The molecular formula is C17H19N3O2. The fourth-order valence-corrected chi connectivity index (χ4v) is 4.14. The minimum absolute atomic E-state index is 0.131. The molecule has 1 aromatic rings. The van der Waals surface area contributed by atoms with E-state index in [-0.39, 0.29) is 35.5 Å². The monoisotopic (exact) mass is 297 g/mol. The molecule has 2 fully saturated rings. The highest BCUT2D eigenvalue weighted by Crippen LogP contribution is 2.52. The third-order valence-electron chi connectivity index (χ3n) is 5.57. The predicted octanol–water partition coefficient (Wildman–Crippen LogP) is 1.78. The summed E-state index contributed by atoms with van der Waals surface area (Å²) in [6, 6.07) is 2.01. The van der Waals surface area contributed by atoms with Crippen LogP contribution in [-0.2, 0) is 16.6 Å². The largest absolute Gasteiger partial charge is 0.352 e. The molecule has 0 aromatic carbocycles. The second-order valence-corrected chi connectivity index (χ2v) is 6.62. The van der Waals surface area contributed by atoms with E-state index < -0.39 is 0 Å². The van der Waals surface area contributed by atoms with E-state index in [9.17, 15) is 9.59 Å². The lowest BCUT2D eigenvalue weighted by Gasteiger charge is -2.13. The van der Waals surface area contributed by atoms with Gasteiger partial charge in [-0.05, 0) is 38.2 Å². The van der Waals surface area contributed by atoms with Crippen molar-refractivity contribution in [2.24, 2.45) is 35.8 Å². The van der Waals surface area contributed by atoms with Gasteiger partial charge in [0.15, 0.2) is 0 Å². The molecule has 5 nitrogen and oxygen atoms in total.